The van der Waals surface area contributed by atoms with E-state index in [0.717, 1.165) is 31.6 Å². The number of hydrogen-bond acceptors (Lipinski definition) is 5. The fourth-order valence-electron chi connectivity index (χ4n) is 3.00. The van der Waals surface area contributed by atoms with Crippen LogP contribution in [0.2, 0.25) is 0 Å². The molecule has 1 fully saturated rings. The van der Waals surface area contributed by atoms with Gasteiger partial charge in [0, 0.05) is 32.4 Å². The van der Waals surface area contributed by atoms with E-state index in [-0.39, 0.29) is 12.6 Å². The molecule has 128 valence electrons. The first kappa shape index (κ1) is 17.8. The molecule has 1 saturated heterocycles. The number of alkyl halides is 1. The summed E-state index contributed by atoms with van der Waals surface area (Å²) in [5.74, 6) is 0.622. The molecule has 0 amide bonds. The number of nitrogens with one attached hydrogen (secondary N) is 1. The Hall–Kier alpha value is -1.50. The highest BCUT2D eigenvalue weighted by Gasteiger charge is 2.28. The molecule has 0 aliphatic carbocycles. The van der Waals surface area contributed by atoms with Crippen LogP contribution in [0, 0.1) is 12.8 Å². The first-order valence-electron chi connectivity index (χ1n) is 8.11. The molecule has 6 heteroatoms. The van der Waals surface area contributed by atoms with Crippen molar-refractivity contribution in [2.75, 3.05) is 32.8 Å². The molecule has 0 aromatic heterocycles. The highest BCUT2D eigenvalue weighted by atomic mass is 19.1. The van der Waals surface area contributed by atoms with Crippen LogP contribution in [0.15, 0.2) is 23.3 Å². The Morgan fingerprint density at radius 3 is 2.91 bits per heavy atom. The second-order valence-electron chi connectivity index (χ2n) is 6.24. The SMILES string of the molecule is Cc1cc(CF)ccc1CC1CN(CC(CO)N/N=C\CN)C1. The Morgan fingerprint density at radius 2 is 2.30 bits per heavy atom. The Balaban J connectivity index is 1.75. The number of nitrogens with two attached hydrogens (primary N) is 1. The average molecular weight is 322 g/mol. The highest BCUT2D eigenvalue weighted by molar-refractivity contribution is 5.58. The standard InChI is InChI=1S/C17H27FN4O/c1-13-6-14(8-18)2-3-16(13)7-15-9-22(10-15)11-17(12-23)21-20-5-4-19/h2-3,5-6,15,17,21,23H,4,7-12,19H2,1H3/b20-5-. The van der Waals surface area contributed by atoms with Crippen LogP contribution in [0.5, 0.6) is 0 Å². The Bertz CT molecular complexity index is 517. The number of rotatable bonds is 9. The number of hydrazone groups is 1. The third kappa shape index (κ3) is 5.27. The molecule has 23 heavy (non-hydrogen) atoms. The van der Waals surface area contributed by atoms with E-state index in [4.69, 9.17) is 5.73 Å². The average Bonchev–Trinajstić information content (AvgIpc) is 2.52. The van der Waals surface area contributed by atoms with Crippen LogP contribution in [0.1, 0.15) is 16.7 Å². The van der Waals surface area contributed by atoms with E-state index < -0.39 is 6.67 Å². The Kier molecular flexibility index (Phi) is 6.95. The topological polar surface area (TPSA) is 73.9 Å². The number of halogens is 1. The van der Waals surface area contributed by atoms with E-state index in [1.807, 2.05) is 25.1 Å². The van der Waals surface area contributed by atoms with Crippen LogP contribution in [0.3, 0.4) is 0 Å². The van der Waals surface area contributed by atoms with Crippen LogP contribution < -0.4 is 11.2 Å². The number of benzene rings is 1. The number of hydrogen-bond donors (Lipinski definition) is 3. The van der Waals surface area contributed by atoms with Gasteiger partial charge in [-0.25, -0.2) is 4.39 Å². The van der Waals surface area contributed by atoms with Gasteiger partial charge in [0.15, 0.2) is 0 Å². The zero-order valence-electron chi connectivity index (χ0n) is 13.7. The summed E-state index contributed by atoms with van der Waals surface area (Å²) in [4.78, 5) is 2.31. The molecule has 0 bridgehead atoms. The zero-order valence-corrected chi connectivity index (χ0v) is 13.7. The normalized spacial score (nSPS) is 17.4. The summed E-state index contributed by atoms with van der Waals surface area (Å²) in [5, 5.41) is 13.3. The van der Waals surface area contributed by atoms with Crippen molar-refractivity contribution in [1.29, 1.82) is 0 Å². The van der Waals surface area contributed by atoms with Crippen LogP contribution in [0.4, 0.5) is 4.39 Å². The van der Waals surface area contributed by atoms with E-state index in [2.05, 4.69) is 15.4 Å². The maximum absolute atomic E-state index is 12.6. The van der Waals surface area contributed by atoms with Gasteiger partial charge in [0.1, 0.15) is 6.67 Å². The van der Waals surface area contributed by atoms with Gasteiger partial charge < -0.3 is 21.2 Å². The van der Waals surface area contributed by atoms with Crippen molar-refractivity contribution in [2.45, 2.75) is 26.1 Å². The van der Waals surface area contributed by atoms with Gasteiger partial charge in [-0.1, -0.05) is 18.2 Å². The maximum Gasteiger partial charge on any atom is 0.115 e. The van der Waals surface area contributed by atoms with Gasteiger partial charge in [0.2, 0.25) is 0 Å². The number of aryl methyl sites for hydroxylation is 1. The molecule has 4 N–H and O–H groups in total. The predicted molar refractivity (Wildman–Crippen MR) is 91.2 cm³/mol. The molecule has 1 aliphatic heterocycles. The van der Waals surface area contributed by atoms with Crippen molar-refractivity contribution in [3.63, 3.8) is 0 Å². The van der Waals surface area contributed by atoms with Gasteiger partial charge in [-0.2, -0.15) is 5.10 Å². The van der Waals surface area contributed by atoms with Crippen LogP contribution in [-0.4, -0.2) is 55.0 Å². The quantitative estimate of drug-likeness (QED) is 0.465. The van der Waals surface area contributed by atoms with Crippen LogP contribution in [0.25, 0.3) is 0 Å². The summed E-state index contributed by atoms with van der Waals surface area (Å²) < 4.78 is 12.6. The van der Waals surface area contributed by atoms with E-state index >= 15 is 0 Å². The molecular weight excluding hydrogens is 295 g/mol. The molecule has 1 atom stereocenters. The summed E-state index contributed by atoms with van der Waals surface area (Å²) in [6.45, 7) is 4.89. The van der Waals surface area contributed by atoms with Gasteiger partial charge in [0.05, 0.1) is 12.6 Å². The van der Waals surface area contributed by atoms with Crippen molar-refractivity contribution in [3.8, 4) is 0 Å². The summed E-state index contributed by atoms with van der Waals surface area (Å²) >= 11 is 0. The number of aliphatic hydroxyl groups is 1. The lowest BCUT2D eigenvalue weighted by molar-refractivity contribution is 0.0764. The minimum atomic E-state index is -0.402. The molecule has 0 saturated carbocycles. The number of aliphatic hydroxyl groups excluding tert-OH is 1. The number of nitrogens with zero attached hydrogens (tertiary/aromatic N) is 2. The second kappa shape index (κ2) is 8.96. The zero-order chi connectivity index (χ0) is 16.7. The summed E-state index contributed by atoms with van der Waals surface area (Å²) in [6, 6.07) is 5.80. The third-order valence-corrected chi connectivity index (χ3v) is 4.26. The molecule has 1 unspecified atom stereocenters. The molecular formula is C17H27FN4O. The molecule has 5 nitrogen and oxygen atoms in total. The van der Waals surface area contributed by atoms with Crippen molar-refractivity contribution in [1.82, 2.24) is 10.3 Å². The molecule has 1 aliphatic rings. The van der Waals surface area contributed by atoms with Gasteiger partial charge in [-0.15, -0.1) is 0 Å². The molecule has 1 aromatic carbocycles. The van der Waals surface area contributed by atoms with E-state index in [0.29, 0.717) is 12.5 Å². The van der Waals surface area contributed by atoms with Crippen molar-refractivity contribution < 1.29 is 9.50 Å². The van der Waals surface area contributed by atoms with Crippen molar-refractivity contribution in [3.05, 3.63) is 34.9 Å². The predicted octanol–water partition coefficient (Wildman–Crippen LogP) is 0.834. The Morgan fingerprint density at radius 1 is 1.52 bits per heavy atom. The Labute approximate surface area is 137 Å². The smallest absolute Gasteiger partial charge is 0.115 e. The maximum atomic E-state index is 12.6. The monoisotopic (exact) mass is 322 g/mol. The minimum absolute atomic E-state index is 0.0485. The molecule has 2 rings (SSSR count). The molecule has 1 aromatic rings. The number of likely N-dealkylation sites (tertiary alicyclic amines) is 1. The van der Waals surface area contributed by atoms with E-state index in [9.17, 15) is 9.50 Å². The fraction of sp³-hybridized carbons (Fsp3) is 0.588. The summed E-state index contributed by atoms with van der Waals surface area (Å²) in [5.41, 5.74) is 11.5. The van der Waals surface area contributed by atoms with Crippen LogP contribution in [-0.2, 0) is 13.1 Å². The molecule has 1 heterocycles. The van der Waals surface area contributed by atoms with E-state index in [1.165, 1.54) is 11.1 Å². The second-order valence-corrected chi connectivity index (χ2v) is 6.24. The lowest BCUT2D eigenvalue weighted by atomic mass is 9.89. The fourth-order valence-corrected chi connectivity index (χ4v) is 3.00. The molecule has 0 spiro atoms. The largest absolute Gasteiger partial charge is 0.394 e. The summed E-state index contributed by atoms with van der Waals surface area (Å²) in [7, 11) is 0. The van der Waals surface area contributed by atoms with Gasteiger partial charge in [0.25, 0.3) is 0 Å². The first-order chi connectivity index (χ1) is 11.2. The van der Waals surface area contributed by atoms with Gasteiger partial charge >= 0.3 is 0 Å². The van der Waals surface area contributed by atoms with Crippen molar-refractivity contribution >= 4 is 6.21 Å². The minimum Gasteiger partial charge on any atom is -0.394 e. The third-order valence-electron chi connectivity index (χ3n) is 4.26. The van der Waals surface area contributed by atoms with Crippen LogP contribution >= 0.6 is 0 Å². The lowest BCUT2D eigenvalue weighted by Gasteiger charge is -2.41. The summed E-state index contributed by atoms with van der Waals surface area (Å²) in [6.07, 6.45) is 2.61. The highest BCUT2D eigenvalue weighted by Crippen LogP contribution is 2.23. The van der Waals surface area contributed by atoms with Gasteiger partial charge in [-0.05, 0) is 36.0 Å². The van der Waals surface area contributed by atoms with Gasteiger partial charge in [-0.3, -0.25) is 0 Å². The van der Waals surface area contributed by atoms with E-state index in [1.54, 1.807) is 6.21 Å². The first-order valence-corrected chi connectivity index (χ1v) is 8.11. The van der Waals surface area contributed by atoms with Crippen molar-refractivity contribution in [2.24, 2.45) is 16.8 Å². The molecule has 0 radical (unpaired) electrons. The lowest BCUT2D eigenvalue weighted by Crippen LogP contribution is -2.53.